The van der Waals surface area contributed by atoms with Crippen LogP contribution in [-0.2, 0) is 4.74 Å². The predicted octanol–water partition coefficient (Wildman–Crippen LogP) is 4.67. The summed E-state index contributed by atoms with van der Waals surface area (Å²) in [6, 6.07) is 0.714. The quantitative estimate of drug-likeness (QED) is 0.653. The molecular weight excluding hydrogens is 246 g/mol. The molecule has 0 aromatic heterocycles. The standard InChI is InChI=1S/C18H35NO/c1-3-4-5-8-11-14-20-17-15-16(19-2)18(17)12-9-6-7-10-13-18/h16-17,19H,3-15H2,1-2H3. The summed E-state index contributed by atoms with van der Waals surface area (Å²) in [6.07, 6.45) is 17.0. The van der Waals surface area contributed by atoms with E-state index in [1.165, 1.54) is 77.0 Å². The van der Waals surface area contributed by atoms with Gasteiger partial charge in [0, 0.05) is 18.1 Å². The molecule has 2 saturated carbocycles. The van der Waals surface area contributed by atoms with Gasteiger partial charge in [-0.15, -0.1) is 0 Å². The van der Waals surface area contributed by atoms with Crippen LogP contribution in [0.3, 0.4) is 0 Å². The van der Waals surface area contributed by atoms with Gasteiger partial charge in [0.2, 0.25) is 0 Å². The van der Waals surface area contributed by atoms with Crippen molar-refractivity contribution >= 4 is 0 Å². The van der Waals surface area contributed by atoms with Crippen molar-refractivity contribution in [2.24, 2.45) is 5.41 Å². The fourth-order valence-corrected chi connectivity index (χ4v) is 4.38. The highest BCUT2D eigenvalue weighted by molar-refractivity contribution is 5.07. The molecule has 0 aromatic carbocycles. The fraction of sp³-hybridized carbons (Fsp3) is 1.00. The van der Waals surface area contributed by atoms with Crippen molar-refractivity contribution in [2.75, 3.05) is 13.7 Å². The highest BCUT2D eigenvalue weighted by Gasteiger charge is 2.54. The minimum absolute atomic E-state index is 0.481. The number of hydrogen-bond donors (Lipinski definition) is 1. The normalized spacial score (nSPS) is 29.1. The molecular formula is C18H35NO. The summed E-state index contributed by atoms with van der Waals surface area (Å²) in [4.78, 5) is 0. The van der Waals surface area contributed by atoms with Gasteiger partial charge in [-0.1, -0.05) is 58.3 Å². The van der Waals surface area contributed by atoms with Crippen LogP contribution in [0.25, 0.3) is 0 Å². The topological polar surface area (TPSA) is 21.3 Å². The highest BCUT2D eigenvalue weighted by atomic mass is 16.5. The van der Waals surface area contributed by atoms with Crippen LogP contribution in [0, 0.1) is 5.41 Å². The Balaban J connectivity index is 1.73. The van der Waals surface area contributed by atoms with E-state index in [1.807, 2.05) is 0 Å². The van der Waals surface area contributed by atoms with Crippen molar-refractivity contribution in [1.29, 1.82) is 0 Å². The summed E-state index contributed by atoms with van der Waals surface area (Å²) in [6.45, 7) is 3.27. The molecule has 20 heavy (non-hydrogen) atoms. The predicted molar refractivity (Wildman–Crippen MR) is 86.1 cm³/mol. The molecule has 0 bridgehead atoms. The number of rotatable bonds is 8. The molecule has 0 amide bonds. The van der Waals surface area contributed by atoms with E-state index in [1.54, 1.807) is 0 Å². The maximum atomic E-state index is 6.30. The average Bonchev–Trinajstić information content (AvgIpc) is 2.73. The summed E-state index contributed by atoms with van der Waals surface area (Å²) in [5.74, 6) is 0. The van der Waals surface area contributed by atoms with E-state index in [-0.39, 0.29) is 0 Å². The Morgan fingerprint density at radius 1 is 1.00 bits per heavy atom. The third-order valence-electron chi connectivity index (χ3n) is 5.73. The molecule has 2 aliphatic carbocycles. The Labute approximate surface area is 126 Å². The van der Waals surface area contributed by atoms with Crippen molar-refractivity contribution in [3.8, 4) is 0 Å². The summed E-state index contributed by atoms with van der Waals surface area (Å²) < 4.78 is 6.30. The molecule has 0 radical (unpaired) electrons. The van der Waals surface area contributed by atoms with Crippen molar-refractivity contribution in [1.82, 2.24) is 5.32 Å². The van der Waals surface area contributed by atoms with Gasteiger partial charge < -0.3 is 10.1 Å². The number of hydrogen-bond acceptors (Lipinski definition) is 2. The third-order valence-corrected chi connectivity index (χ3v) is 5.73. The zero-order valence-electron chi connectivity index (χ0n) is 13.8. The number of ether oxygens (including phenoxy) is 1. The van der Waals surface area contributed by atoms with Crippen molar-refractivity contribution in [2.45, 2.75) is 96.1 Å². The molecule has 2 fully saturated rings. The van der Waals surface area contributed by atoms with Gasteiger partial charge in [0.15, 0.2) is 0 Å². The molecule has 2 rings (SSSR count). The van der Waals surface area contributed by atoms with Gasteiger partial charge in [-0.05, 0) is 32.7 Å². The molecule has 0 aromatic rings. The number of unbranched alkanes of at least 4 members (excludes halogenated alkanes) is 4. The van der Waals surface area contributed by atoms with Gasteiger partial charge in [-0.25, -0.2) is 0 Å². The summed E-state index contributed by atoms with van der Waals surface area (Å²) in [5, 5.41) is 3.56. The molecule has 1 spiro atoms. The maximum absolute atomic E-state index is 6.30. The van der Waals surface area contributed by atoms with Crippen LogP contribution in [0.4, 0.5) is 0 Å². The van der Waals surface area contributed by atoms with Crippen LogP contribution in [0.2, 0.25) is 0 Å². The van der Waals surface area contributed by atoms with Crippen LogP contribution in [0.1, 0.15) is 84.0 Å². The maximum Gasteiger partial charge on any atom is 0.0661 e. The van der Waals surface area contributed by atoms with Gasteiger partial charge in [0.05, 0.1) is 6.10 Å². The first-order valence-corrected chi connectivity index (χ1v) is 9.12. The second kappa shape index (κ2) is 8.38. The SMILES string of the molecule is CCCCCCCOC1CC(NC)C12CCCCCC2. The van der Waals surface area contributed by atoms with E-state index in [9.17, 15) is 0 Å². The van der Waals surface area contributed by atoms with Crippen LogP contribution >= 0.6 is 0 Å². The Morgan fingerprint density at radius 2 is 1.70 bits per heavy atom. The third kappa shape index (κ3) is 3.76. The van der Waals surface area contributed by atoms with Crippen LogP contribution < -0.4 is 5.32 Å². The lowest BCUT2D eigenvalue weighted by Crippen LogP contribution is -2.63. The molecule has 2 aliphatic rings. The first kappa shape index (κ1) is 16.3. The molecule has 2 heteroatoms. The first-order chi connectivity index (χ1) is 9.83. The largest absolute Gasteiger partial charge is 0.378 e. The molecule has 1 N–H and O–H groups in total. The lowest BCUT2D eigenvalue weighted by atomic mass is 9.58. The van der Waals surface area contributed by atoms with E-state index < -0.39 is 0 Å². The summed E-state index contributed by atoms with van der Waals surface area (Å²) in [5.41, 5.74) is 0.481. The second-order valence-corrected chi connectivity index (χ2v) is 7.00. The van der Waals surface area contributed by atoms with Gasteiger partial charge in [-0.2, -0.15) is 0 Å². The fourth-order valence-electron chi connectivity index (χ4n) is 4.38. The minimum atomic E-state index is 0.481. The lowest BCUT2D eigenvalue weighted by Gasteiger charge is -2.56. The van der Waals surface area contributed by atoms with E-state index in [0.29, 0.717) is 17.6 Å². The Hall–Kier alpha value is -0.0800. The van der Waals surface area contributed by atoms with Crippen LogP contribution in [-0.4, -0.2) is 25.8 Å². The van der Waals surface area contributed by atoms with Gasteiger partial charge in [0.1, 0.15) is 0 Å². The van der Waals surface area contributed by atoms with Crippen molar-refractivity contribution < 1.29 is 4.74 Å². The monoisotopic (exact) mass is 281 g/mol. The Kier molecular flexibility index (Phi) is 6.83. The summed E-state index contributed by atoms with van der Waals surface area (Å²) >= 11 is 0. The molecule has 2 nitrogen and oxygen atoms in total. The molecule has 0 heterocycles. The van der Waals surface area contributed by atoms with Gasteiger partial charge in [0.25, 0.3) is 0 Å². The van der Waals surface area contributed by atoms with Crippen molar-refractivity contribution in [3.63, 3.8) is 0 Å². The van der Waals surface area contributed by atoms with E-state index in [2.05, 4.69) is 19.3 Å². The van der Waals surface area contributed by atoms with E-state index >= 15 is 0 Å². The second-order valence-electron chi connectivity index (χ2n) is 7.00. The van der Waals surface area contributed by atoms with Crippen LogP contribution in [0.15, 0.2) is 0 Å². The lowest BCUT2D eigenvalue weighted by molar-refractivity contribution is -0.142. The van der Waals surface area contributed by atoms with Gasteiger partial charge in [-0.3, -0.25) is 0 Å². The molecule has 2 atom stereocenters. The highest BCUT2D eigenvalue weighted by Crippen LogP contribution is 2.52. The molecule has 0 aliphatic heterocycles. The average molecular weight is 281 g/mol. The summed E-state index contributed by atoms with van der Waals surface area (Å²) in [7, 11) is 2.14. The van der Waals surface area contributed by atoms with Crippen LogP contribution in [0.5, 0.6) is 0 Å². The zero-order valence-corrected chi connectivity index (χ0v) is 13.8. The van der Waals surface area contributed by atoms with Crippen molar-refractivity contribution in [3.05, 3.63) is 0 Å². The zero-order chi connectivity index (χ0) is 14.3. The molecule has 0 saturated heterocycles. The Morgan fingerprint density at radius 3 is 2.35 bits per heavy atom. The number of nitrogens with one attached hydrogen (secondary N) is 1. The van der Waals surface area contributed by atoms with E-state index in [0.717, 1.165) is 6.61 Å². The van der Waals surface area contributed by atoms with Gasteiger partial charge >= 0.3 is 0 Å². The van der Waals surface area contributed by atoms with E-state index in [4.69, 9.17) is 4.74 Å². The first-order valence-electron chi connectivity index (χ1n) is 9.12. The Bertz CT molecular complexity index is 258. The minimum Gasteiger partial charge on any atom is -0.378 e. The molecule has 118 valence electrons. The smallest absolute Gasteiger partial charge is 0.0661 e. The molecule has 2 unspecified atom stereocenters.